The summed E-state index contributed by atoms with van der Waals surface area (Å²) in [5.41, 5.74) is 1.37. The van der Waals surface area contributed by atoms with E-state index in [1.807, 2.05) is 12.1 Å². The summed E-state index contributed by atoms with van der Waals surface area (Å²) in [6.07, 6.45) is 0. The van der Waals surface area contributed by atoms with Crippen LogP contribution in [0.1, 0.15) is 11.1 Å². The summed E-state index contributed by atoms with van der Waals surface area (Å²) in [5.74, 6) is 0.262. The molecule has 2 aromatic rings. The lowest BCUT2D eigenvalue weighted by molar-refractivity contribution is 0.393. The fourth-order valence-corrected chi connectivity index (χ4v) is 1.97. The molecule has 0 fully saturated rings. The van der Waals surface area contributed by atoms with Crippen LogP contribution in [0.25, 0.3) is 0 Å². The summed E-state index contributed by atoms with van der Waals surface area (Å²) in [5, 5.41) is 3.11. The molecule has 2 aromatic carbocycles. The smallest absolute Gasteiger partial charge is 0.130 e. The van der Waals surface area contributed by atoms with Crippen molar-refractivity contribution in [3.05, 3.63) is 59.2 Å². The molecular weight excluding hydrogens is 276 g/mol. The summed E-state index contributed by atoms with van der Waals surface area (Å²) in [6.45, 7) is 0.829. The van der Waals surface area contributed by atoms with Gasteiger partial charge in [-0.15, -0.1) is 0 Å². The number of benzene rings is 2. The van der Waals surface area contributed by atoms with Crippen molar-refractivity contribution >= 4 is 0 Å². The van der Waals surface area contributed by atoms with Gasteiger partial charge in [-0.2, -0.15) is 0 Å². The lowest BCUT2D eigenvalue weighted by Crippen LogP contribution is -2.14. The van der Waals surface area contributed by atoms with E-state index in [1.54, 1.807) is 20.3 Å². The molecule has 0 heterocycles. The third-order valence-electron chi connectivity index (χ3n) is 3.07. The predicted octanol–water partition coefficient (Wildman–Crippen LogP) is 3.27. The van der Waals surface area contributed by atoms with Crippen LogP contribution in [0.15, 0.2) is 36.4 Å². The second-order valence-electron chi connectivity index (χ2n) is 4.56. The van der Waals surface area contributed by atoms with Crippen LogP contribution in [0, 0.1) is 11.6 Å². The number of hydrogen-bond donors (Lipinski definition) is 1. The molecule has 0 radical (unpaired) electrons. The summed E-state index contributed by atoms with van der Waals surface area (Å²) in [4.78, 5) is 0. The maximum atomic E-state index is 13.5. The zero-order valence-corrected chi connectivity index (χ0v) is 12.0. The number of rotatable bonds is 6. The molecule has 5 heteroatoms. The zero-order chi connectivity index (χ0) is 15.2. The van der Waals surface area contributed by atoms with Gasteiger partial charge < -0.3 is 14.8 Å². The number of hydrogen-bond acceptors (Lipinski definition) is 3. The van der Waals surface area contributed by atoms with E-state index in [0.29, 0.717) is 30.2 Å². The van der Waals surface area contributed by atoms with Crippen LogP contribution >= 0.6 is 0 Å². The monoisotopic (exact) mass is 293 g/mol. The first-order valence-electron chi connectivity index (χ1n) is 6.49. The van der Waals surface area contributed by atoms with Gasteiger partial charge in [0.15, 0.2) is 0 Å². The quantitative estimate of drug-likeness (QED) is 0.886. The van der Waals surface area contributed by atoms with Gasteiger partial charge >= 0.3 is 0 Å². The standard InChI is InChI=1S/C16H17F2NO2/c1-20-14-5-11(6-15(8-14)21-2)9-19-10-12-3-4-13(17)7-16(12)18/h3-8,19H,9-10H2,1-2H3. The van der Waals surface area contributed by atoms with Gasteiger partial charge in [-0.3, -0.25) is 0 Å². The molecule has 1 N–H and O–H groups in total. The van der Waals surface area contributed by atoms with Gasteiger partial charge in [0.25, 0.3) is 0 Å². The van der Waals surface area contributed by atoms with Gasteiger partial charge in [0.1, 0.15) is 23.1 Å². The van der Waals surface area contributed by atoms with Crippen LogP contribution in [0.5, 0.6) is 11.5 Å². The fourth-order valence-electron chi connectivity index (χ4n) is 1.97. The molecule has 0 spiro atoms. The van der Waals surface area contributed by atoms with Gasteiger partial charge in [0.2, 0.25) is 0 Å². The fraction of sp³-hybridized carbons (Fsp3) is 0.250. The van der Waals surface area contributed by atoms with E-state index in [2.05, 4.69) is 5.32 Å². The Labute approximate surface area is 122 Å². The first kappa shape index (κ1) is 15.3. The van der Waals surface area contributed by atoms with Gasteiger partial charge in [0.05, 0.1) is 14.2 Å². The highest BCUT2D eigenvalue weighted by Crippen LogP contribution is 2.22. The normalized spacial score (nSPS) is 10.5. The van der Waals surface area contributed by atoms with Crippen molar-refractivity contribution in [2.75, 3.05) is 14.2 Å². The van der Waals surface area contributed by atoms with Crippen molar-refractivity contribution in [1.29, 1.82) is 0 Å². The average Bonchev–Trinajstić information content (AvgIpc) is 2.49. The van der Waals surface area contributed by atoms with E-state index in [-0.39, 0.29) is 0 Å². The molecule has 0 saturated heterocycles. The van der Waals surface area contributed by atoms with Crippen molar-refractivity contribution in [3.8, 4) is 11.5 Å². The first-order chi connectivity index (χ1) is 10.1. The van der Waals surface area contributed by atoms with Crippen LogP contribution in [-0.2, 0) is 13.1 Å². The molecule has 0 unspecified atom stereocenters. The number of halogens is 2. The van der Waals surface area contributed by atoms with E-state index >= 15 is 0 Å². The first-order valence-corrected chi connectivity index (χ1v) is 6.49. The van der Waals surface area contributed by atoms with Crippen molar-refractivity contribution in [2.45, 2.75) is 13.1 Å². The van der Waals surface area contributed by atoms with Crippen LogP contribution < -0.4 is 14.8 Å². The van der Waals surface area contributed by atoms with Gasteiger partial charge in [-0.05, 0) is 23.8 Å². The van der Waals surface area contributed by atoms with E-state index in [1.165, 1.54) is 12.1 Å². The van der Waals surface area contributed by atoms with Crippen molar-refractivity contribution < 1.29 is 18.3 Å². The summed E-state index contributed by atoms with van der Waals surface area (Å²) >= 11 is 0. The lowest BCUT2D eigenvalue weighted by atomic mass is 10.1. The highest BCUT2D eigenvalue weighted by molar-refractivity contribution is 5.38. The Hall–Kier alpha value is -2.14. The minimum absolute atomic E-state index is 0.311. The highest BCUT2D eigenvalue weighted by atomic mass is 19.1. The summed E-state index contributed by atoms with van der Waals surface area (Å²) in [7, 11) is 3.17. The Morgan fingerprint density at radius 3 is 2.14 bits per heavy atom. The minimum atomic E-state index is -0.575. The molecule has 0 aromatic heterocycles. The molecule has 0 bridgehead atoms. The van der Waals surface area contributed by atoms with Crippen LogP contribution in [0.4, 0.5) is 8.78 Å². The number of nitrogens with one attached hydrogen (secondary N) is 1. The van der Waals surface area contributed by atoms with Gasteiger partial charge in [-0.1, -0.05) is 6.07 Å². The lowest BCUT2D eigenvalue weighted by Gasteiger charge is -2.10. The third kappa shape index (κ3) is 4.16. The Balaban J connectivity index is 1.99. The maximum Gasteiger partial charge on any atom is 0.130 e. The van der Waals surface area contributed by atoms with Crippen LogP contribution in [-0.4, -0.2) is 14.2 Å². The molecule has 0 aliphatic heterocycles. The second-order valence-corrected chi connectivity index (χ2v) is 4.56. The topological polar surface area (TPSA) is 30.5 Å². The summed E-state index contributed by atoms with van der Waals surface area (Å²) in [6, 6.07) is 9.08. The third-order valence-corrected chi connectivity index (χ3v) is 3.07. The number of methoxy groups -OCH3 is 2. The van der Waals surface area contributed by atoms with Crippen molar-refractivity contribution in [2.24, 2.45) is 0 Å². The predicted molar refractivity (Wildman–Crippen MR) is 76.4 cm³/mol. The Kier molecular flexibility index (Phi) is 5.11. The zero-order valence-electron chi connectivity index (χ0n) is 12.0. The van der Waals surface area contributed by atoms with Gasteiger partial charge in [-0.25, -0.2) is 8.78 Å². The SMILES string of the molecule is COc1cc(CNCc2ccc(F)cc2F)cc(OC)c1. The molecule has 21 heavy (non-hydrogen) atoms. The highest BCUT2D eigenvalue weighted by Gasteiger charge is 2.05. The molecular formula is C16H17F2NO2. The van der Waals surface area contributed by atoms with E-state index < -0.39 is 11.6 Å². The molecule has 3 nitrogen and oxygen atoms in total. The molecule has 112 valence electrons. The molecule has 0 aliphatic rings. The van der Waals surface area contributed by atoms with E-state index in [9.17, 15) is 8.78 Å². The Morgan fingerprint density at radius 2 is 1.57 bits per heavy atom. The second kappa shape index (κ2) is 7.04. The maximum absolute atomic E-state index is 13.5. The van der Waals surface area contributed by atoms with Crippen molar-refractivity contribution in [3.63, 3.8) is 0 Å². The van der Waals surface area contributed by atoms with Crippen LogP contribution in [0.2, 0.25) is 0 Å². The molecule has 0 aliphatic carbocycles. The number of ether oxygens (including phenoxy) is 2. The Morgan fingerprint density at radius 1 is 0.905 bits per heavy atom. The van der Waals surface area contributed by atoms with Crippen molar-refractivity contribution in [1.82, 2.24) is 5.32 Å². The minimum Gasteiger partial charge on any atom is -0.497 e. The molecule has 2 rings (SSSR count). The molecule has 0 saturated carbocycles. The average molecular weight is 293 g/mol. The summed E-state index contributed by atoms with van der Waals surface area (Å²) < 4.78 is 36.7. The van der Waals surface area contributed by atoms with E-state index in [0.717, 1.165) is 11.6 Å². The molecule has 0 atom stereocenters. The van der Waals surface area contributed by atoms with Gasteiger partial charge in [0, 0.05) is 30.8 Å². The Bertz CT molecular complexity index is 595. The van der Waals surface area contributed by atoms with Crippen LogP contribution in [0.3, 0.4) is 0 Å². The molecule has 0 amide bonds. The van der Waals surface area contributed by atoms with E-state index in [4.69, 9.17) is 9.47 Å². The largest absolute Gasteiger partial charge is 0.497 e.